The van der Waals surface area contributed by atoms with Crippen molar-refractivity contribution in [3.63, 3.8) is 0 Å². The van der Waals surface area contributed by atoms with Crippen LogP contribution in [-0.4, -0.2) is 31.6 Å². The van der Waals surface area contributed by atoms with E-state index in [-0.39, 0.29) is 5.28 Å². The summed E-state index contributed by atoms with van der Waals surface area (Å²) in [6, 6.07) is 3.82. The quantitative estimate of drug-likeness (QED) is 0.215. The first kappa shape index (κ1) is 18.4. The maximum Gasteiger partial charge on any atom is 0.224 e. The zero-order valence-corrected chi connectivity index (χ0v) is 16.8. The summed E-state index contributed by atoms with van der Waals surface area (Å²) in [6.45, 7) is 0. The largest absolute Gasteiger partial charge is 0.337 e. The van der Waals surface area contributed by atoms with Gasteiger partial charge in [0.2, 0.25) is 5.28 Å². The number of anilines is 3. The lowest BCUT2D eigenvalue weighted by Crippen LogP contribution is -2.02. The molecule has 0 spiro atoms. The third-order valence-corrected chi connectivity index (χ3v) is 5.03. The average molecular weight is 460 g/mol. The fourth-order valence-electron chi connectivity index (χ4n) is 2.05. The maximum absolute atomic E-state index is 5.90. The summed E-state index contributed by atoms with van der Waals surface area (Å²) in [4.78, 5) is 16.9. The first-order valence-electron chi connectivity index (χ1n) is 7.31. The molecular formula is C15H13BrCl2N6S. The Morgan fingerprint density at radius 2 is 2.00 bits per heavy atom. The molecule has 3 aromatic rings. The predicted molar refractivity (Wildman–Crippen MR) is 109 cm³/mol. The van der Waals surface area contributed by atoms with Crippen molar-refractivity contribution >= 4 is 79.3 Å². The van der Waals surface area contributed by atoms with Gasteiger partial charge < -0.3 is 10.0 Å². The fraction of sp³-hybridized carbons (Fsp3) is 0.200. The third-order valence-electron chi connectivity index (χ3n) is 3.16. The summed E-state index contributed by atoms with van der Waals surface area (Å²) in [5, 5.41) is 3.43. The Kier molecular flexibility index (Phi) is 6.52. The third kappa shape index (κ3) is 4.63. The molecule has 0 unspecified atom stereocenters. The molecule has 0 aliphatic heterocycles. The molecule has 2 aromatic heterocycles. The Bertz CT molecular complexity index is 882. The highest BCUT2D eigenvalue weighted by Gasteiger charge is 2.12. The molecule has 0 aliphatic rings. The van der Waals surface area contributed by atoms with Crippen molar-refractivity contribution in [2.75, 3.05) is 21.7 Å². The molecule has 25 heavy (non-hydrogen) atoms. The van der Waals surface area contributed by atoms with Gasteiger partial charge in [-0.05, 0) is 46.1 Å². The van der Waals surface area contributed by atoms with E-state index in [0.29, 0.717) is 16.2 Å². The van der Waals surface area contributed by atoms with Gasteiger partial charge in [0.15, 0.2) is 0 Å². The average Bonchev–Trinajstić information content (AvgIpc) is 2.63. The van der Waals surface area contributed by atoms with E-state index >= 15 is 0 Å². The number of rotatable bonds is 7. The van der Waals surface area contributed by atoms with Crippen LogP contribution in [0.3, 0.4) is 0 Å². The SMILES string of the molecule is ClCCCSNc1c(Nc2nc(Cl)ncc2Br)ccc2nccnc12. The summed E-state index contributed by atoms with van der Waals surface area (Å²) >= 11 is 16.6. The second kappa shape index (κ2) is 8.84. The minimum atomic E-state index is 0.164. The molecule has 3 rings (SSSR count). The number of hydrogen-bond donors (Lipinski definition) is 2. The van der Waals surface area contributed by atoms with Gasteiger partial charge >= 0.3 is 0 Å². The normalized spacial score (nSPS) is 10.8. The van der Waals surface area contributed by atoms with Gasteiger partial charge in [-0.15, -0.1) is 11.6 Å². The van der Waals surface area contributed by atoms with Crippen LogP contribution in [0.4, 0.5) is 17.2 Å². The van der Waals surface area contributed by atoms with E-state index in [1.807, 2.05) is 12.1 Å². The van der Waals surface area contributed by atoms with E-state index in [1.165, 1.54) is 0 Å². The van der Waals surface area contributed by atoms with Crippen molar-refractivity contribution < 1.29 is 0 Å². The molecule has 0 saturated heterocycles. The van der Waals surface area contributed by atoms with Gasteiger partial charge in [0.05, 0.1) is 21.4 Å². The number of hydrogen-bond acceptors (Lipinski definition) is 7. The van der Waals surface area contributed by atoms with Gasteiger partial charge in [-0.3, -0.25) is 9.97 Å². The molecule has 0 atom stereocenters. The first-order valence-corrected chi connectivity index (χ1v) is 10.0. The minimum absolute atomic E-state index is 0.164. The summed E-state index contributed by atoms with van der Waals surface area (Å²) < 4.78 is 4.05. The number of fused-ring (bicyclic) bond motifs is 1. The molecule has 0 aliphatic carbocycles. The Balaban J connectivity index is 1.96. The highest BCUT2D eigenvalue weighted by atomic mass is 79.9. The van der Waals surface area contributed by atoms with Crippen LogP contribution in [0.1, 0.15) is 6.42 Å². The molecule has 10 heteroatoms. The smallest absolute Gasteiger partial charge is 0.224 e. The van der Waals surface area contributed by atoms with Crippen LogP contribution in [0, 0.1) is 0 Å². The zero-order valence-electron chi connectivity index (χ0n) is 12.8. The number of alkyl halides is 1. The molecule has 0 amide bonds. The topological polar surface area (TPSA) is 75.6 Å². The predicted octanol–water partition coefficient (Wildman–Crippen LogP) is 5.27. The van der Waals surface area contributed by atoms with E-state index in [0.717, 1.165) is 34.6 Å². The summed E-state index contributed by atoms with van der Waals surface area (Å²) in [5.74, 6) is 2.07. The summed E-state index contributed by atoms with van der Waals surface area (Å²) in [6.07, 6.45) is 5.84. The van der Waals surface area contributed by atoms with Crippen LogP contribution >= 0.6 is 51.1 Å². The van der Waals surface area contributed by atoms with Gasteiger partial charge in [0.1, 0.15) is 11.3 Å². The van der Waals surface area contributed by atoms with E-state index < -0.39 is 0 Å². The van der Waals surface area contributed by atoms with Crippen molar-refractivity contribution in [2.45, 2.75) is 6.42 Å². The molecule has 0 radical (unpaired) electrons. The Hall–Kier alpha value is -1.35. The molecule has 2 N–H and O–H groups in total. The highest BCUT2D eigenvalue weighted by molar-refractivity contribution is 9.10. The van der Waals surface area contributed by atoms with Crippen molar-refractivity contribution in [3.8, 4) is 0 Å². The van der Waals surface area contributed by atoms with Crippen molar-refractivity contribution in [1.82, 2.24) is 19.9 Å². The number of nitrogens with zero attached hydrogens (tertiary/aromatic N) is 4. The standard InChI is InChI=1S/C15H13BrCl2N6S/c16-9-8-21-15(18)23-14(9)22-11-3-2-10-12(20-6-5-19-10)13(11)24-25-7-1-4-17/h2-3,5-6,8,24H,1,4,7H2,(H,21,22,23). The van der Waals surface area contributed by atoms with Crippen molar-refractivity contribution in [2.24, 2.45) is 0 Å². The number of nitrogens with one attached hydrogen (secondary N) is 2. The lowest BCUT2D eigenvalue weighted by atomic mass is 10.2. The molecule has 1 aromatic carbocycles. The van der Waals surface area contributed by atoms with Crippen LogP contribution < -0.4 is 10.0 Å². The Morgan fingerprint density at radius 3 is 2.84 bits per heavy atom. The van der Waals surface area contributed by atoms with Gasteiger partial charge in [-0.1, -0.05) is 11.9 Å². The van der Waals surface area contributed by atoms with E-state index in [4.69, 9.17) is 23.2 Å². The van der Waals surface area contributed by atoms with E-state index in [2.05, 4.69) is 45.9 Å². The monoisotopic (exact) mass is 458 g/mol. The number of halogens is 3. The number of aromatic nitrogens is 4. The van der Waals surface area contributed by atoms with Gasteiger partial charge in [0, 0.05) is 30.2 Å². The molecule has 6 nitrogen and oxygen atoms in total. The molecular weight excluding hydrogens is 447 g/mol. The summed E-state index contributed by atoms with van der Waals surface area (Å²) in [7, 11) is 0. The number of benzene rings is 1. The Labute approximate surface area is 167 Å². The summed E-state index contributed by atoms with van der Waals surface area (Å²) in [5.41, 5.74) is 3.20. The van der Waals surface area contributed by atoms with E-state index in [9.17, 15) is 0 Å². The molecule has 130 valence electrons. The fourth-order valence-corrected chi connectivity index (χ4v) is 3.51. The maximum atomic E-state index is 5.90. The van der Waals surface area contributed by atoms with E-state index in [1.54, 1.807) is 30.5 Å². The lowest BCUT2D eigenvalue weighted by Gasteiger charge is -2.15. The van der Waals surface area contributed by atoms with Crippen LogP contribution in [0.2, 0.25) is 5.28 Å². The van der Waals surface area contributed by atoms with Crippen LogP contribution in [0.5, 0.6) is 0 Å². The Morgan fingerprint density at radius 1 is 1.16 bits per heavy atom. The first-order chi connectivity index (χ1) is 12.2. The zero-order chi connectivity index (χ0) is 17.6. The van der Waals surface area contributed by atoms with Gasteiger partial charge in [-0.2, -0.15) is 4.98 Å². The second-order valence-electron chi connectivity index (χ2n) is 4.87. The highest BCUT2D eigenvalue weighted by Crippen LogP contribution is 2.34. The van der Waals surface area contributed by atoms with Gasteiger partial charge in [-0.25, -0.2) is 4.98 Å². The van der Waals surface area contributed by atoms with Crippen molar-refractivity contribution in [1.29, 1.82) is 0 Å². The molecule has 2 heterocycles. The minimum Gasteiger partial charge on any atom is -0.337 e. The molecule has 0 saturated carbocycles. The van der Waals surface area contributed by atoms with Crippen molar-refractivity contribution in [3.05, 3.63) is 40.5 Å². The second-order valence-corrected chi connectivity index (χ2v) is 7.34. The van der Waals surface area contributed by atoms with Crippen LogP contribution in [0.25, 0.3) is 11.0 Å². The van der Waals surface area contributed by atoms with Crippen LogP contribution in [-0.2, 0) is 0 Å². The van der Waals surface area contributed by atoms with Crippen LogP contribution in [0.15, 0.2) is 35.2 Å². The lowest BCUT2D eigenvalue weighted by molar-refractivity contribution is 1.12. The molecule has 0 bridgehead atoms. The van der Waals surface area contributed by atoms with Gasteiger partial charge in [0.25, 0.3) is 0 Å². The molecule has 0 fully saturated rings.